The molecular formula is C16H14IrN3-. The second-order valence-corrected chi connectivity index (χ2v) is 4.46. The van der Waals surface area contributed by atoms with E-state index < -0.39 is 0 Å². The molecule has 0 N–H and O–H groups in total. The summed E-state index contributed by atoms with van der Waals surface area (Å²) < 4.78 is 1.89. The molecule has 0 bridgehead atoms. The van der Waals surface area contributed by atoms with Crippen molar-refractivity contribution in [3.05, 3.63) is 66.0 Å². The topological polar surface area (TPSA) is 30.7 Å². The normalized spacial score (nSPS) is 10.1. The van der Waals surface area contributed by atoms with Crippen LogP contribution in [-0.4, -0.2) is 14.8 Å². The molecule has 2 aromatic carbocycles. The Morgan fingerprint density at radius 2 is 1.75 bits per heavy atom. The van der Waals surface area contributed by atoms with Crippen molar-refractivity contribution in [2.75, 3.05) is 0 Å². The predicted molar refractivity (Wildman–Crippen MR) is 75.1 cm³/mol. The fourth-order valence-electron chi connectivity index (χ4n) is 2.09. The van der Waals surface area contributed by atoms with Crippen LogP contribution in [0.2, 0.25) is 0 Å². The van der Waals surface area contributed by atoms with Gasteiger partial charge in [0.25, 0.3) is 0 Å². The molecule has 0 aliphatic carbocycles. The molecule has 4 heteroatoms. The molecule has 20 heavy (non-hydrogen) atoms. The molecule has 0 aliphatic heterocycles. The molecule has 0 saturated heterocycles. The Kier molecular flexibility index (Phi) is 4.48. The van der Waals surface area contributed by atoms with Gasteiger partial charge in [0.05, 0.1) is 11.5 Å². The zero-order valence-electron chi connectivity index (χ0n) is 11.3. The SMILES string of the molecule is Cc1nc(-c2[c-]cccc2)n(-c2ccccc2C)n1.[Ir]. The average Bonchev–Trinajstić information content (AvgIpc) is 2.82. The van der Waals surface area contributed by atoms with E-state index in [0.717, 1.165) is 22.9 Å². The van der Waals surface area contributed by atoms with Gasteiger partial charge in [-0.2, -0.15) is 5.10 Å². The van der Waals surface area contributed by atoms with E-state index >= 15 is 0 Å². The predicted octanol–water partition coefficient (Wildman–Crippen LogP) is 3.35. The zero-order valence-corrected chi connectivity index (χ0v) is 13.7. The van der Waals surface area contributed by atoms with Crippen LogP contribution in [0, 0.1) is 19.9 Å². The molecule has 0 unspecified atom stereocenters. The third-order valence-electron chi connectivity index (χ3n) is 3.01. The van der Waals surface area contributed by atoms with Crippen molar-refractivity contribution in [2.24, 2.45) is 0 Å². The Balaban J connectivity index is 0.00000147. The van der Waals surface area contributed by atoms with Gasteiger partial charge in [-0.1, -0.05) is 18.2 Å². The maximum atomic E-state index is 4.52. The first kappa shape index (κ1) is 14.6. The molecular weight excluding hydrogens is 426 g/mol. The summed E-state index contributed by atoms with van der Waals surface area (Å²) in [5.74, 6) is 1.59. The Morgan fingerprint density at radius 3 is 2.45 bits per heavy atom. The van der Waals surface area contributed by atoms with Crippen LogP contribution >= 0.6 is 0 Å². The van der Waals surface area contributed by atoms with E-state index in [2.05, 4.69) is 35.2 Å². The second kappa shape index (κ2) is 6.12. The van der Waals surface area contributed by atoms with Gasteiger partial charge in [0, 0.05) is 20.1 Å². The fraction of sp³-hybridized carbons (Fsp3) is 0.125. The molecule has 3 aromatic rings. The Labute approximate surface area is 132 Å². The van der Waals surface area contributed by atoms with Crippen LogP contribution < -0.4 is 0 Å². The monoisotopic (exact) mass is 441 g/mol. The van der Waals surface area contributed by atoms with E-state index in [9.17, 15) is 0 Å². The molecule has 1 aromatic heterocycles. The van der Waals surface area contributed by atoms with Crippen LogP contribution in [0.5, 0.6) is 0 Å². The van der Waals surface area contributed by atoms with Crippen LogP contribution in [-0.2, 0) is 20.1 Å². The van der Waals surface area contributed by atoms with E-state index in [0.29, 0.717) is 0 Å². The first-order chi connectivity index (χ1) is 9.25. The number of aromatic nitrogens is 3. The largest absolute Gasteiger partial charge is 0.262 e. The summed E-state index contributed by atoms with van der Waals surface area (Å²) in [5, 5.41) is 4.50. The molecule has 0 spiro atoms. The number of aryl methyl sites for hydroxylation is 2. The van der Waals surface area contributed by atoms with Crippen molar-refractivity contribution in [1.29, 1.82) is 0 Å². The van der Waals surface area contributed by atoms with Crippen molar-refractivity contribution in [3.8, 4) is 17.1 Å². The van der Waals surface area contributed by atoms with Gasteiger partial charge in [0.2, 0.25) is 0 Å². The summed E-state index contributed by atoms with van der Waals surface area (Å²) in [6, 6.07) is 19.2. The van der Waals surface area contributed by atoms with Crippen molar-refractivity contribution < 1.29 is 20.1 Å². The molecule has 0 amide bonds. The van der Waals surface area contributed by atoms with Gasteiger partial charge in [-0.15, -0.1) is 35.9 Å². The van der Waals surface area contributed by atoms with E-state index in [1.54, 1.807) is 0 Å². The van der Waals surface area contributed by atoms with Gasteiger partial charge in [-0.25, -0.2) is 0 Å². The van der Waals surface area contributed by atoms with E-state index in [-0.39, 0.29) is 20.1 Å². The quantitative estimate of drug-likeness (QED) is 0.573. The first-order valence-corrected chi connectivity index (χ1v) is 6.22. The Morgan fingerprint density at radius 1 is 1.00 bits per heavy atom. The van der Waals surface area contributed by atoms with Gasteiger partial charge in [-0.05, 0) is 25.5 Å². The average molecular weight is 441 g/mol. The minimum absolute atomic E-state index is 0. The molecule has 1 heterocycles. The van der Waals surface area contributed by atoms with Gasteiger partial charge in [0.1, 0.15) is 5.82 Å². The third-order valence-corrected chi connectivity index (χ3v) is 3.01. The summed E-state index contributed by atoms with van der Waals surface area (Å²) >= 11 is 0. The number of para-hydroxylation sites is 1. The molecule has 0 atom stereocenters. The standard InChI is InChI=1S/C16H14N3.Ir/c1-12-8-6-7-11-15(12)19-16(17-13(2)18-19)14-9-4-3-5-10-14;/h3-9,11H,1-2H3;/q-1;. The molecule has 103 valence electrons. The Hall–Kier alpha value is -1.77. The van der Waals surface area contributed by atoms with Crippen molar-refractivity contribution in [1.82, 2.24) is 14.8 Å². The number of rotatable bonds is 2. The maximum Gasteiger partial charge on any atom is 0.137 e. The van der Waals surface area contributed by atoms with Crippen LogP contribution in [0.15, 0.2) is 48.5 Å². The molecule has 3 nitrogen and oxygen atoms in total. The maximum absolute atomic E-state index is 4.52. The summed E-state index contributed by atoms with van der Waals surface area (Å²) in [6.07, 6.45) is 0. The molecule has 3 rings (SSSR count). The number of benzene rings is 2. The third kappa shape index (κ3) is 2.72. The van der Waals surface area contributed by atoms with Crippen molar-refractivity contribution in [3.63, 3.8) is 0 Å². The van der Waals surface area contributed by atoms with Gasteiger partial charge >= 0.3 is 0 Å². The van der Waals surface area contributed by atoms with Crippen molar-refractivity contribution in [2.45, 2.75) is 13.8 Å². The van der Waals surface area contributed by atoms with Crippen LogP contribution in [0.1, 0.15) is 11.4 Å². The van der Waals surface area contributed by atoms with E-state index in [1.165, 1.54) is 5.56 Å². The number of nitrogens with zero attached hydrogens (tertiary/aromatic N) is 3. The zero-order chi connectivity index (χ0) is 13.2. The number of hydrogen-bond acceptors (Lipinski definition) is 2. The minimum atomic E-state index is 0. The molecule has 0 saturated carbocycles. The van der Waals surface area contributed by atoms with E-state index in [4.69, 9.17) is 0 Å². The summed E-state index contributed by atoms with van der Waals surface area (Å²) in [7, 11) is 0. The summed E-state index contributed by atoms with van der Waals surface area (Å²) in [5.41, 5.74) is 3.17. The Bertz CT molecular complexity index is 705. The van der Waals surface area contributed by atoms with Gasteiger partial charge < -0.3 is 0 Å². The van der Waals surface area contributed by atoms with Crippen LogP contribution in [0.3, 0.4) is 0 Å². The first-order valence-electron chi connectivity index (χ1n) is 6.22. The number of hydrogen-bond donors (Lipinski definition) is 0. The van der Waals surface area contributed by atoms with E-state index in [1.807, 2.05) is 48.0 Å². The molecule has 0 aliphatic rings. The van der Waals surface area contributed by atoms with Crippen molar-refractivity contribution >= 4 is 0 Å². The minimum Gasteiger partial charge on any atom is -0.262 e. The van der Waals surface area contributed by atoms with Gasteiger partial charge in [0.15, 0.2) is 0 Å². The summed E-state index contributed by atoms with van der Waals surface area (Å²) in [4.78, 5) is 4.52. The molecule has 1 radical (unpaired) electrons. The smallest absolute Gasteiger partial charge is 0.137 e. The van der Waals surface area contributed by atoms with Crippen LogP contribution in [0.4, 0.5) is 0 Å². The second-order valence-electron chi connectivity index (χ2n) is 4.46. The molecule has 0 fully saturated rings. The summed E-state index contributed by atoms with van der Waals surface area (Å²) in [6.45, 7) is 3.98. The van der Waals surface area contributed by atoms with Crippen LogP contribution in [0.25, 0.3) is 17.1 Å². The van der Waals surface area contributed by atoms with Gasteiger partial charge in [-0.3, -0.25) is 9.67 Å². The fourth-order valence-corrected chi connectivity index (χ4v) is 2.09.